The summed E-state index contributed by atoms with van der Waals surface area (Å²) in [4.78, 5) is 22.6. The molecular formula is C20H24ClN3O6S. The molecule has 1 amide bonds. The van der Waals surface area contributed by atoms with Crippen molar-refractivity contribution >= 4 is 38.9 Å². The Morgan fingerprint density at radius 3 is 2.48 bits per heavy atom. The van der Waals surface area contributed by atoms with E-state index in [9.17, 15) is 23.3 Å². The lowest BCUT2D eigenvalue weighted by Crippen LogP contribution is -2.32. The highest BCUT2D eigenvalue weighted by molar-refractivity contribution is 7.92. The number of methoxy groups -OCH3 is 1. The fraction of sp³-hybridized carbons (Fsp3) is 0.350. The van der Waals surface area contributed by atoms with E-state index in [4.69, 9.17) is 16.3 Å². The molecule has 0 aromatic heterocycles. The molecule has 2 aromatic carbocycles. The van der Waals surface area contributed by atoms with Crippen molar-refractivity contribution < 1.29 is 22.9 Å². The van der Waals surface area contributed by atoms with Crippen LogP contribution in [0.3, 0.4) is 0 Å². The van der Waals surface area contributed by atoms with Gasteiger partial charge in [-0.25, -0.2) is 8.42 Å². The third-order valence-electron chi connectivity index (χ3n) is 4.46. The molecule has 0 radical (unpaired) electrons. The minimum Gasteiger partial charge on any atom is -0.495 e. The van der Waals surface area contributed by atoms with Crippen molar-refractivity contribution in [3.8, 4) is 5.75 Å². The number of carbonyl (C=O) groups is 1. The van der Waals surface area contributed by atoms with E-state index in [1.165, 1.54) is 19.2 Å². The largest absolute Gasteiger partial charge is 0.495 e. The van der Waals surface area contributed by atoms with Crippen LogP contribution in [0.25, 0.3) is 0 Å². The van der Waals surface area contributed by atoms with Crippen LogP contribution in [0.2, 0.25) is 5.02 Å². The Bertz CT molecular complexity index is 1030. The van der Waals surface area contributed by atoms with Crippen LogP contribution in [0, 0.1) is 10.1 Å². The van der Waals surface area contributed by atoms with Crippen molar-refractivity contribution in [2.45, 2.75) is 19.3 Å². The van der Waals surface area contributed by atoms with Gasteiger partial charge in [-0.1, -0.05) is 23.7 Å². The van der Waals surface area contributed by atoms with Gasteiger partial charge in [0, 0.05) is 36.7 Å². The average Bonchev–Trinajstić information content (AvgIpc) is 2.71. The fourth-order valence-corrected chi connectivity index (χ4v) is 4.01. The van der Waals surface area contributed by atoms with Gasteiger partial charge in [0.05, 0.1) is 18.3 Å². The summed E-state index contributed by atoms with van der Waals surface area (Å²) in [5.74, 6) is -0.0307. The summed E-state index contributed by atoms with van der Waals surface area (Å²) in [6.45, 7) is 0.413. The lowest BCUT2D eigenvalue weighted by atomic mass is 10.1. The number of carbonyl (C=O) groups excluding carboxylic acids is 1. The van der Waals surface area contributed by atoms with Crippen molar-refractivity contribution in [2.75, 3.05) is 30.8 Å². The zero-order chi connectivity index (χ0) is 23.0. The summed E-state index contributed by atoms with van der Waals surface area (Å²) >= 11 is 5.84. The molecule has 0 unspecified atom stereocenters. The molecule has 0 aliphatic heterocycles. The van der Waals surface area contributed by atoms with Crippen molar-refractivity contribution in [3.05, 3.63) is 63.2 Å². The zero-order valence-electron chi connectivity index (χ0n) is 17.2. The van der Waals surface area contributed by atoms with Crippen LogP contribution in [-0.4, -0.2) is 45.7 Å². The fourth-order valence-electron chi connectivity index (χ4n) is 2.92. The SMILES string of the molecule is COc1ccc([N+](=O)[O-])cc1N(CCCC(=O)NCCc1ccc(Cl)cc1)S(C)(=O)=O. The maximum Gasteiger partial charge on any atom is 0.271 e. The minimum absolute atomic E-state index is 0.0268. The van der Waals surface area contributed by atoms with Gasteiger partial charge in [0.1, 0.15) is 11.4 Å². The van der Waals surface area contributed by atoms with Crippen molar-refractivity contribution in [2.24, 2.45) is 0 Å². The standard InChI is InChI=1S/C20H24ClN3O6S/c1-30-19-10-9-17(24(26)27)14-18(19)23(31(2,28)29)13-3-4-20(25)22-12-11-15-5-7-16(21)8-6-15/h5-10,14H,3-4,11-13H2,1-2H3,(H,22,25). The topological polar surface area (TPSA) is 119 Å². The number of nitro benzene ring substituents is 1. The zero-order valence-corrected chi connectivity index (χ0v) is 18.8. The summed E-state index contributed by atoms with van der Waals surface area (Å²) in [7, 11) is -2.41. The Kier molecular flexibility index (Phi) is 8.64. The summed E-state index contributed by atoms with van der Waals surface area (Å²) in [6.07, 6.45) is 1.97. The second-order valence-corrected chi connectivity index (χ2v) is 9.12. The van der Waals surface area contributed by atoms with Crippen molar-refractivity contribution in [1.29, 1.82) is 0 Å². The molecule has 0 saturated carbocycles. The first-order valence-corrected chi connectivity index (χ1v) is 11.7. The predicted octanol–water partition coefficient (Wildman–Crippen LogP) is 3.16. The molecule has 0 saturated heterocycles. The van der Waals surface area contributed by atoms with Crippen LogP contribution < -0.4 is 14.4 Å². The number of ether oxygens (including phenoxy) is 1. The number of hydrogen-bond acceptors (Lipinski definition) is 6. The van der Waals surface area contributed by atoms with Gasteiger partial charge in [-0.15, -0.1) is 0 Å². The molecule has 0 fully saturated rings. The third-order valence-corrected chi connectivity index (χ3v) is 5.89. The van der Waals surface area contributed by atoms with Gasteiger partial charge in [0.25, 0.3) is 5.69 Å². The first-order chi connectivity index (χ1) is 14.6. The normalized spacial score (nSPS) is 11.1. The smallest absolute Gasteiger partial charge is 0.271 e. The number of halogens is 1. The molecule has 168 valence electrons. The number of hydrogen-bond donors (Lipinski definition) is 1. The van der Waals surface area contributed by atoms with Gasteiger partial charge in [-0.3, -0.25) is 19.2 Å². The number of nitrogens with one attached hydrogen (secondary N) is 1. The Labute approximate surface area is 186 Å². The summed E-state index contributed by atoms with van der Waals surface area (Å²) in [5, 5.41) is 14.5. The Balaban J connectivity index is 1.97. The van der Waals surface area contributed by atoms with Gasteiger partial charge in [0.2, 0.25) is 15.9 Å². The molecule has 31 heavy (non-hydrogen) atoms. The van der Waals surface area contributed by atoms with Crippen LogP contribution in [-0.2, 0) is 21.2 Å². The monoisotopic (exact) mass is 469 g/mol. The second-order valence-electron chi connectivity index (χ2n) is 6.78. The van der Waals surface area contributed by atoms with Gasteiger partial charge in [-0.2, -0.15) is 0 Å². The number of non-ortho nitro benzene ring substituents is 1. The number of benzene rings is 2. The molecule has 0 aliphatic carbocycles. The molecular weight excluding hydrogens is 446 g/mol. The van der Waals surface area contributed by atoms with E-state index < -0.39 is 14.9 Å². The molecule has 0 bridgehead atoms. The van der Waals surface area contributed by atoms with Gasteiger partial charge in [-0.05, 0) is 36.6 Å². The maximum absolute atomic E-state index is 12.3. The number of sulfonamides is 1. The lowest BCUT2D eigenvalue weighted by molar-refractivity contribution is -0.384. The first-order valence-electron chi connectivity index (χ1n) is 9.43. The maximum atomic E-state index is 12.3. The molecule has 0 heterocycles. The molecule has 2 rings (SSSR count). The van der Waals surface area contributed by atoms with Crippen molar-refractivity contribution in [1.82, 2.24) is 5.32 Å². The Hall–Kier alpha value is -2.85. The van der Waals surface area contributed by atoms with E-state index in [-0.39, 0.29) is 42.4 Å². The van der Waals surface area contributed by atoms with E-state index in [0.717, 1.165) is 22.2 Å². The molecule has 9 nitrogen and oxygen atoms in total. The molecule has 11 heteroatoms. The molecule has 1 N–H and O–H groups in total. The third kappa shape index (κ3) is 7.41. The quantitative estimate of drug-likeness (QED) is 0.399. The summed E-state index contributed by atoms with van der Waals surface area (Å²) in [5.41, 5.74) is 0.831. The number of rotatable bonds is 11. The molecule has 0 atom stereocenters. The molecule has 0 aliphatic rings. The van der Waals surface area contributed by atoms with Gasteiger partial charge < -0.3 is 10.1 Å². The second kappa shape index (κ2) is 11.0. The van der Waals surface area contributed by atoms with E-state index in [0.29, 0.717) is 18.0 Å². The van der Waals surface area contributed by atoms with E-state index in [1.54, 1.807) is 12.1 Å². The molecule has 2 aromatic rings. The van der Waals surface area contributed by atoms with Crippen LogP contribution in [0.4, 0.5) is 11.4 Å². The number of nitro groups is 1. The highest BCUT2D eigenvalue weighted by atomic mass is 35.5. The highest BCUT2D eigenvalue weighted by Crippen LogP contribution is 2.33. The summed E-state index contributed by atoms with van der Waals surface area (Å²) < 4.78 is 30.8. The molecule has 0 spiro atoms. The van der Waals surface area contributed by atoms with E-state index in [2.05, 4.69) is 5.32 Å². The first kappa shape index (κ1) is 24.4. The van der Waals surface area contributed by atoms with Gasteiger partial charge >= 0.3 is 0 Å². The van der Waals surface area contributed by atoms with E-state index >= 15 is 0 Å². The number of amides is 1. The van der Waals surface area contributed by atoms with Crippen LogP contribution >= 0.6 is 11.6 Å². The Morgan fingerprint density at radius 2 is 1.90 bits per heavy atom. The van der Waals surface area contributed by atoms with E-state index in [1.807, 2.05) is 12.1 Å². The number of anilines is 1. The summed E-state index contributed by atoms with van der Waals surface area (Å²) in [6, 6.07) is 11.0. The Morgan fingerprint density at radius 1 is 1.23 bits per heavy atom. The highest BCUT2D eigenvalue weighted by Gasteiger charge is 2.23. The van der Waals surface area contributed by atoms with Crippen LogP contribution in [0.5, 0.6) is 5.75 Å². The predicted molar refractivity (Wildman–Crippen MR) is 119 cm³/mol. The number of nitrogens with zero attached hydrogens (tertiary/aromatic N) is 2. The minimum atomic E-state index is -3.76. The van der Waals surface area contributed by atoms with Crippen molar-refractivity contribution in [3.63, 3.8) is 0 Å². The van der Waals surface area contributed by atoms with Crippen LogP contribution in [0.15, 0.2) is 42.5 Å². The van der Waals surface area contributed by atoms with Gasteiger partial charge in [0.15, 0.2) is 0 Å². The van der Waals surface area contributed by atoms with Crippen LogP contribution in [0.1, 0.15) is 18.4 Å². The average molecular weight is 470 g/mol. The lowest BCUT2D eigenvalue weighted by Gasteiger charge is -2.24.